The van der Waals surface area contributed by atoms with E-state index in [4.69, 9.17) is 0 Å². The van der Waals surface area contributed by atoms with Crippen LogP contribution in [0.15, 0.2) is 12.2 Å². The zero-order valence-electron chi connectivity index (χ0n) is 3.13. The third kappa shape index (κ3) is 4.07. The molecule has 0 rings (SSSR count). The molecule has 0 heterocycles. The molecule has 0 radical (unpaired) electrons. The van der Waals surface area contributed by atoms with Crippen LogP contribution in [-0.2, 0) is 4.79 Å². The Balaban J connectivity index is 3.17. The molecular weight excluding hydrogens is 192 g/mol. The summed E-state index contributed by atoms with van der Waals surface area (Å²) < 4.78 is 1.81. The first-order valence-corrected chi connectivity index (χ1v) is 2.82. The number of carbonyl (C=O) groups excluding carboxylic acids is 1. The summed E-state index contributed by atoms with van der Waals surface area (Å²) in [6, 6.07) is 0. The number of hydrogen-bond acceptors (Lipinski definition) is 1. The van der Waals surface area contributed by atoms with E-state index in [1.165, 1.54) is 6.08 Å². The fraction of sp³-hybridized carbons (Fsp3) is 0. The third-order valence-corrected chi connectivity index (χ3v) is 0.717. The summed E-state index contributed by atoms with van der Waals surface area (Å²) >= 11 is 1.80. The predicted octanol–water partition coefficient (Wildman–Crippen LogP) is -0.288. The van der Waals surface area contributed by atoms with Gasteiger partial charge in [0.15, 0.2) is 0 Å². The predicted molar refractivity (Wildman–Crippen MR) is 27.0 cm³/mol. The van der Waals surface area contributed by atoms with E-state index in [1.807, 2.05) is 4.05 Å². The van der Waals surface area contributed by atoms with Crippen LogP contribution in [0, 0.1) is 0 Å². The van der Waals surface area contributed by atoms with Crippen molar-refractivity contribution in [3.05, 3.63) is 12.2 Å². The number of rotatable bonds is 2. The zero-order valence-corrected chi connectivity index (χ0v) is 5.46. The molecule has 0 aliphatic rings. The number of hydrogen-bond donors (Lipinski definition) is 0. The molecule has 0 aromatic carbocycles. The Morgan fingerprint density at radius 1 is 1.33 bits per heavy atom. The Morgan fingerprint density at radius 2 is 2.00 bits per heavy atom. The Morgan fingerprint density at radius 3 is 2.17 bits per heavy atom. The van der Waals surface area contributed by atoms with Gasteiger partial charge in [0.25, 0.3) is 0 Å². The van der Waals surface area contributed by atoms with Crippen LogP contribution >= 0.6 is 0 Å². The van der Waals surface area contributed by atoms with Crippen LogP contribution < -0.4 is 0 Å². The van der Waals surface area contributed by atoms with E-state index in [9.17, 15) is 4.79 Å². The topological polar surface area (TPSA) is 17.1 Å². The standard InChI is InChI=1S/C4H4OTe/c5-3-1-2-4-6/h1-4H/b2-1+. The van der Waals surface area contributed by atoms with Crippen LogP contribution in [0.4, 0.5) is 0 Å². The molecule has 6 heavy (non-hydrogen) atoms. The molecule has 0 aromatic heterocycles. The second kappa shape index (κ2) is 5.07. The SMILES string of the molecule is O=C/C=C/C=[Te]. The van der Waals surface area contributed by atoms with Crippen molar-refractivity contribution in [1.29, 1.82) is 0 Å². The molecule has 0 aliphatic heterocycles. The van der Waals surface area contributed by atoms with E-state index in [2.05, 4.69) is 0 Å². The molecule has 0 aliphatic carbocycles. The molecule has 0 amide bonds. The summed E-state index contributed by atoms with van der Waals surface area (Å²) in [6.07, 6.45) is 3.89. The van der Waals surface area contributed by atoms with E-state index >= 15 is 0 Å². The molecule has 1 nitrogen and oxygen atoms in total. The average Bonchev–Trinajstić information content (AvgIpc) is 1.61. The van der Waals surface area contributed by atoms with Crippen molar-refractivity contribution < 1.29 is 4.79 Å². The van der Waals surface area contributed by atoms with E-state index in [1.54, 1.807) is 27.9 Å². The fourth-order valence-corrected chi connectivity index (χ4v) is 0.350. The summed E-state index contributed by atoms with van der Waals surface area (Å²) in [5.41, 5.74) is 0. The van der Waals surface area contributed by atoms with Gasteiger partial charge in [0.2, 0.25) is 0 Å². The Kier molecular flexibility index (Phi) is 5.13. The quantitative estimate of drug-likeness (QED) is 0.336. The number of carbonyl (C=O) groups is 1. The molecule has 0 atom stereocenters. The summed E-state index contributed by atoms with van der Waals surface area (Å²) in [6.45, 7) is 0. The van der Waals surface area contributed by atoms with Crippen LogP contribution in [0.25, 0.3) is 0 Å². The second-order valence-corrected chi connectivity index (χ2v) is 1.43. The zero-order chi connectivity index (χ0) is 4.83. The second-order valence-electron chi connectivity index (χ2n) is 0.657. The molecule has 2 heteroatoms. The molecule has 0 bridgehead atoms. The van der Waals surface area contributed by atoms with Crippen molar-refractivity contribution in [2.24, 2.45) is 0 Å². The molecule has 0 N–H and O–H groups in total. The summed E-state index contributed by atoms with van der Waals surface area (Å²) in [7, 11) is 0. The van der Waals surface area contributed by atoms with Gasteiger partial charge in [0.05, 0.1) is 0 Å². The molecule has 0 aromatic rings. The maximum atomic E-state index is 9.46. The summed E-state index contributed by atoms with van der Waals surface area (Å²) in [5, 5.41) is 0. The van der Waals surface area contributed by atoms with Crippen LogP contribution in [0.2, 0.25) is 0 Å². The van der Waals surface area contributed by atoms with E-state index in [0.717, 1.165) is 6.29 Å². The number of allylic oxidation sites excluding steroid dienone is 2. The van der Waals surface area contributed by atoms with Gasteiger partial charge in [-0.05, 0) is 0 Å². The van der Waals surface area contributed by atoms with Gasteiger partial charge in [-0.3, -0.25) is 0 Å². The third-order valence-electron chi connectivity index (χ3n) is 0.268. The Hall–Kier alpha value is 0.0696. The first-order valence-electron chi connectivity index (χ1n) is 1.47. The molecule has 32 valence electrons. The van der Waals surface area contributed by atoms with Gasteiger partial charge >= 0.3 is 49.1 Å². The Labute approximate surface area is 49.4 Å². The van der Waals surface area contributed by atoms with Crippen LogP contribution in [0.3, 0.4) is 0 Å². The van der Waals surface area contributed by atoms with Crippen molar-refractivity contribution >= 4 is 32.2 Å². The van der Waals surface area contributed by atoms with Crippen LogP contribution in [0.1, 0.15) is 0 Å². The van der Waals surface area contributed by atoms with Crippen molar-refractivity contribution in [3.8, 4) is 0 Å². The molecule has 0 unspecified atom stereocenters. The van der Waals surface area contributed by atoms with Gasteiger partial charge in [-0.25, -0.2) is 0 Å². The first kappa shape index (κ1) is 6.07. The normalized spacial score (nSPS) is 8.67. The van der Waals surface area contributed by atoms with Gasteiger partial charge in [-0.2, -0.15) is 0 Å². The van der Waals surface area contributed by atoms with Gasteiger partial charge in [-0.1, -0.05) is 0 Å². The minimum atomic E-state index is 0.752. The Bertz CT molecular complexity index is 65.6. The molecule has 0 spiro atoms. The van der Waals surface area contributed by atoms with Gasteiger partial charge < -0.3 is 0 Å². The van der Waals surface area contributed by atoms with Crippen molar-refractivity contribution in [1.82, 2.24) is 0 Å². The monoisotopic (exact) mass is 198 g/mol. The summed E-state index contributed by atoms with van der Waals surface area (Å²) in [5.74, 6) is 0. The van der Waals surface area contributed by atoms with Gasteiger partial charge in [0.1, 0.15) is 0 Å². The minimum absolute atomic E-state index is 0.752. The summed E-state index contributed by atoms with van der Waals surface area (Å²) in [4.78, 5) is 9.46. The van der Waals surface area contributed by atoms with Crippen molar-refractivity contribution in [3.63, 3.8) is 0 Å². The van der Waals surface area contributed by atoms with Crippen LogP contribution in [-0.4, -0.2) is 32.2 Å². The van der Waals surface area contributed by atoms with Gasteiger partial charge in [-0.15, -0.1) is 0 Å². The van der Waals surface area contributed by atoms with Crippen molar-refractivity contribution in [2.45, 2.75) is 0 Å². The fourth-order valence-electron chi connectivity index (χ4n) is 0.0907. The van der Waals surface area contributed by atoms with Crippen molar-refractivity contribution in [2.75, 3.05) is 0 Å². The number of aldehydes is 1. The molecule has 0 saturated heterocycles. The van der Waals surface area contributed by atoms with Gasteiger partial charge in [0, 0.05) is 0 Å². The van der Waals surface area contributed by atoms with E-state index in [-0.39, 0.29) is 0 Å². The van der Waals surface area contributed by atoms with Crippen LogP contribution in [0.5, 0.6) is 0 Å². The van der Waals surface area contributed by atoms with E-state index < -0.39 is 0 Å². The average molecular weight is 196 g/mol. The first-order chi connectivity index (χ1) is 2.91. The molecular formula is C4H4OTe. The van der Waals surface area contributed by atoms with E-state index in [0.29, 0.717) is 0 Å². The maximum absolute atomic E-state index is 9.46. The molecule has 0 fully saturated rings. The molecule has 0 saturated carbocycles.